The minimum absolute atomic E-state index is 0. The molecule has 0 aliphatic heterocycles. The number of carbonyl (C=O) groups excluding carboxylic acids is 2. The van der Waals surface area contributed by atoms with Crippen LogP contribution in [-0.2, 0) is 19.1 Å². The highest BCUT2D eigenvalue weighted by molar-refractivity contribution is 5.83. The third kappa shape index (κ3) is 5.19. The van der Waals surface area contributed by atoms with E-state index < -0.39 is 17.8 Å². The van der Waals surface area contributed by atoms with Gasteiger partial charge in [-0.2, -0.15) is 0 Å². The first-order valence-corrected chi connectivity index (χ1v) is 4.92. The predicted molar refractivity (Wildman–Crippen MR) is 62.5 cm³/mol. The maximum absolute atomic E-state index is 11.4. The van der Waals surface area contributed by atoms with Crippen LogP contribution in [-0.4, -0.2) is 43.5 Å². The third-order valence-corrected chi connectivity index (χ3v) is 2.19. The second-order valence-corrected chi connectivity index (χ2v) is 4.31. The fourth-order valence-corrected chi connectivity index (χ4v) is 0.822. The lowest BCUT2D eigenvalue weighted by molar-refractivity contribution is -0.971. The van der Waals surface area contributed by atoms with Crippen molar-refractivity contribution in [2.24, 2.45) is 0 Å². The zero-order chi connectivity index (χ0) is 13.7. The average Bonchev–Trinajstić information content (AvgIpc) is 2.15. The van der Waals surface area contributed by atoms with E-state index in [2.05, 4.69) is 18.9 Å². The summed E-state index contributed by atoms with van der Waals surface area (Å²) in [4.78, 5) is 22.6. The van der Waals surface area contributed by atoms with Crippen LogP contribution in [0.5, 0.6) is 0 Å². The topological polar surface area (TPSA) is 52.6 Å². The first kappa shape index (κ1) is 18.8. The highest BCUT2D eigenvalue weighted by Gasteiger charge is 2.46. The van der Waals surface area contributed by atoms with Crippen molar-refractivity contribution in [3.63, 3.8) is 0 Å². The summed E-state index contributed by atoms with van der Waals surface area (Å²) in [6.07, 6.45) is 2.03. The van der Waals surface area contributed by atoms with Gasteiger partial charge in [0.05, 0.1) is 34.1 Å². The van der Waals surface area contributed by atoms with Crippen LogP contribution in [0, 0.1) is 0 Å². The van der Waals surface area contributed by atoms with Crippen LogP contribution in [0.2, 0.25) is 0 Å². The maximum Gasteiger partial charge on any atom is 0.405 e. The number of hydrogen-bond acceptors (Lipinski definition) is 4. The normalized spacial score (nSPS) is 13.1. The van der Waals surface area contributed by atoms with Gasteiger partial charge in [-0.3, -0.25) is 4.48 Å². The number of hydrogen-bond donors (Lipinski definition) is 0. The summed E-state index contributed by atoms with van der Waals surface area (Å²) in [5.41, 5.74) is 2.29. The maximum atomic E-state index is 11.4. The van der Waals surface area contributed by atoms with E-state index in [1.807, 2.05) is 0 Å². The van der Waals surface area contributed by atoms with E-state index in [9.17, 15) is 9.59 Å². The Balaban J connectivity index is 0. The Morgan fingerprint density at radius 3 is 2.00 bits per heavy atom. The van der Waals surface area contributed by atoms with Gasteiger partial charge in [0.15, 0.2) is 0 Å². The van der Waals surface area contributed by atoms with Crippen LogP contribution >= 0.6 is 0 Å². The van der Waals surface area contributed by atoms with Gasteiger partial charge < -0.3 is 21.9 Å². The first-order valence-electron chi connectivity index (χ1n) is 4.92. The Hall–Kier alpha value is -1.55. The highest BCUT2D eigenvalue weighted by atomic mass is 35.5. The quantitative estimate of drug-likeness (QED) is 0.191. The van der Waals surface area contributed by atoms with E-state index in [0.717, 1.165) is 12.2 Å². The third-order valence-electron chi connectivity index (χ3n) is 2.19. The monoisotopic (exact) mass is 275 g/mol. The van der Waals surface area contributed by atoms with Gasteiger partial charge in [-0.05, 0) is 0 Å². The van der Waals surface area contributed by atoms with Gasteiger partial charge in [0.25, 0.3) is 0 Å². The van der Waals surface area contributed by atoms with Crippen molar-refractivity contribution in [1.82, 2.24) is 0 Å². The van der Waals surface area contributed by atoms with Crippen LogP contribution in [0.1, 0.15) is 6.92 Å². The van der Waals surface area contributed by atoms with Crippen LogP contribution in [0.25, 0.3) is 0 Å². The first-order chi connectivity index (χ1) is 7.66. The minimum atomic E-state index is -1.45. The molecule has 1 unspecified atom stereocenters. The predicted octanol–water partition coefficient (Wildman–Crippen LogP) is -2.02. The molecule has 1 atom stereocenters. The number of esters is 2. The molecule has 0 spiro atoms. The van der Waals surface area contributed by atoms with Gasteiger partial charge in [-0.25, -0.2) is 9.59 Å². The zero-order valence-electron chi connectivity index (χ0n) is 11.0. The van der Waals surface area contributed by atoms with E-state index in [1.165, 1.54) is 6.92 Å². The molecule has 0 aliphatic rings. The molecule has 5 nitrogen and oxygen atoms in total. The molecule has 0 N–H and O–H groups in total. The molecule has 102 valence electrons. The second kappa shape index (κ2) is 7.01. The smallest absolute Gasteiger partial charge is 0.405 e. The van der Waals surface area contributed by atoms with E-state index >= 15 is 0 Å². The number of halogens is 1. The standard InChI is InChI=1S/C12H18NO4.ClH/c1-7-9-11(15)17-12(3,13(4,5)6)16-10(14)8-2;/h8-9H,1-2H2,3-6H3;1H/q+1;/p-1. The van der Waals surface area contributed by atoms with E-state index in [-0.39, 0.29) is 16.9 Å². The van der Waals surface area contributed by atoms with Crippen molar-refractivity contribution < 1.29 is 36.0 Å². The summed E-state index contributed by atoms with van der Waals surface area (Å²) in [7, 11) is 5.17. The Morgan fingerprint density at radius 1 is 1.22 bits per heavy atom. The molecule has 0 heterocycles. The number of quaternary nitrogens is 1. The molecule has 0 bridgehead atoms. The SMILES string of the molecule is C=C=CC(=O)OC(C)(OC(=O)C=C)[N+](C)(C)C.[Cl-]. The molecular weight excluding hydrogens is 258 g/mol. The minimum Gasteiger partial charge on any atom is -1.00 e. The van der Waals surface area contributed by atoms with Crippen molar-refractivity contribution in [2.45, 2.75) is 12.8 Å². The second-order valence-electron chi connectivity index (χ2n) is 4.31. The van der Waals surface area contributed by atoms with E-state index in [0.29, 0.717) is 0 Å². The number of rotatable bonds is 5. The summed E-state index contributed by atoms with van der Waals surface area (Å²) >= 11 is 0. The van der Waals surface area contributed by atoms with Crippen molar-refractivity contribution >= 4 is 11.9 Å². The molecule has 0 saturated carbocycles. The molecule has 0 aromatic rings. The molecule has 0 aromatic carbocycles. The fourth-order valence-electron chi connectivity index (χ4n) is 0.822. The number of ether oxygens (including phenoxy) is 2. The van der Waals surface area contributed by atoms with Crippen molar-refractivity contribution in [3.05, 3.63) is 31.0 Å². The average molecular weight is 276 g/mol. The van der Waals surface area contributed by atoms with Gasteiger partial charge in [-0.1, -0.05) is 13.2 Å². The molecule has 6 heteroatoms. The lowest BCUT2D eigenvalue weighted by Crippen LogP contribution is -3.00. The van der Waals surface area contributed by atoms with E-state index in [1.54, 1.807) is 21.1 Å². The van der Waals surface area contributed by atoms with Crippen LogP contribution in [0.3, 0.4) is 0 Å². The zero-order valence-corrected chi connectivity index (χ0v) is 11.8. The Labute approximate surface area is 113 Å². The highest BCUT2D eigenvalue weighted by Crippen LogP contribution is 2.22. The molecule has 0 rings (SSSR count). The van der Waals surface area contributed by atoms with Crippen LogP contribution in [0.15, 0.2) is 31.0 Å². The van der Waals surface area contributed by atoms with Gasteiger partial charge in [0.1, 0.15) is 0 Å². The molecule has 0 radical (unpaired) electrons. The van der Waals surface area contributed by atoms with Gasteiger partial charge in [0.2, 0.25) is 0 Å². The van der Waals surface area contributed by atoms with Gasteiger partial charge in [-0.15, -0.1) is 5.73 Å². The molecule has 18 heavy (non-hydrogen) atoms. The van der Waals surface area contributed by atoms with Crippen molar-refractivity contribution in [2.75, 3.05) is 21.1 Å². The van der Waals surface area contributed by atoms with Gasteiger partial charge >= 0.3 is 17.8 Å². The summed E-state index contributed by atoms with van der Waals surface area (Å²) in [5.74, 6) is -2.81. The van der Waals surface area contributed by atoms with Crippen LogP contribution < -0.4 is 12.4 Å². The van der Waals surface area contributed by atoms with Crippen LogP contribution in [0.4, 0.5) is 0 Å². The van der Waals surface area contributed by atoms with Crippen molar-refractivity contribution in [1.29, 1.82) is 0 Å². The molecule has 0 aliphatic carbocycles. The molecule has 0 saturated heterocycles. The molecule has 0 fully saturated rings. The summed E-state index contributed by atoms with van der Waals surface area (Å²) in [5, 5.41) is 0. The van der Waals surface area contributed by atoms with Crippen molar-refractivity contribution in [3.8, 4) is 0 Å². The Bertz CT molecular complexity index is 380. The molecule has 0 amide bonds. The largest absolute Gasteiger partial charge is 1.00 e. The number of carbonyl (C=O) groups is 2. The number of nitrogens with zero attached hydrogens (tertiary/aromatic N) is 1. The fraction of sp³-hybridized carbons (Fsp3) is 0.417. The molecular formula is C12H18ClNO4. The summed E-state index contributed by atoms with van der Waals surface area (Å²) < 4.78 is 10.3. The Morgan fingerprint density at radius 2 is 1.67 bits per heavy atom. The summed E-state index contributed by atoms with van der Waals surface area (Å²) in [6.45, 7) is 8.04. The lowest BCUT2D eigenvalue weighted by Gasteiger charge is -2.39. The van der Waals surface area contributed by atoms with E-state index in [4.69, 9.17) is 9.47 Å². The summed E-state index contributed by atoms with van der Waals surface area (Å²) in [6, 6.07) is 0. The van der Waals surface area contributed by atoms with Gasteiger partial charge in [0, 0.05) is 6.08 Å². The Kier molecular flexibility index (Phi) is 7.33. The lowest BCUT2D eigenvalue weighted by atomic mass is 10.4. The molecule has 0 aromatic heterocycles.